The molecule has 5 rings (SSSR count). The van der Waals surface area contributed by atoms with E-state index in [2.05, 4.69) is 42.7 Å². The van der Waals surface area contributed by atoms with Crippen molar-refractivity contribution >= 4 is 39.6 Å². The Morgan fingerprint density at radius 3 is 2.56 bits per heavy atom. The van der Waals surface area contributed by atoms with Crippen LogP contribution in [0, 0.1) is 11.7 Å². The number of hydrogen-bond donors (Lipinski definition) is 0. The summed E-state index contributed by atoms with van der Waals surface area (Å²) in [6, 6.07) is 6.71. The number of benzene rings is 1. The van der Waals surface area contributed by atoms with Crippen molar-refractivity contribution in [3.05, 3.63) is 62.5 Å². The lowest BCUT2D eigenvalue weighted by atomic mass is 9.95. The fourth-order valence-corrected chi connectivity index (χ4v) is 5.35. The normalized spacial score (nSPS) is 17.6. The van der Waals surface area contributed by atoms with Crippen molar-refractivity contribution in [2.45, 2.75) is 38.4 Å². The van der Waals surface area contributed by atoms with Crippen molar-refractivity contribution in [2.24, 2.45) is 16.1 Å². The standard InChI is InChI=1S/C26H28BrF3N6O3/c1-31-33-25(39-15-24(29)30)17-2-3-18(32-10-17)12-36-23-9-21(28)20(27)8-22(23)35(26(36)37)11-16-4-6-34(7-5-16)19-13-38-14-19/h2-3,8-10,16,19,24H,1,4-7,11-15H2/b33-25-. The summed E-state index contributed by atoms with van der Waals surface area (Å²) in [6.07, 6.45) is 0.658. The number of likely N-dealkylation sites (tertiary alicyclic amines) is 1. The van der Waals surface area contributed by atoms with E-state index in [0.717, 1.165) is 39.1 Å². The second-order valence-corrected chi connectivity index (χ2v) is 10.5. The molecule has 0 radical (unpaired) electrons. The van der Waals surface area contributed by atoms with Gasteiger partial charge >= 0.3 is 5.69 Å². The minimum atomic E-state index is -2.68. The average molecular weight is 609 g/mol. The first kappa shape index (κ1) is 27.5. The van der Waals surface area contributed by atoms with Crippen LogP contribution in [0.1, 0.15) is 24.1 Å². The van der Waals surface area contributed by atoms with Crippen LogP contribution in [-0.4, -0.2) is 77.0 Å². The van der Waals surface area contributed by atoms with E-state index in [0.29, 0.717) is 40.8 Å². The third-order valence-electron chi connectivity index (χ3n) is 7.19. The molecule has 2 aliphatic rings. The highest BCUT2D eigenvalue weighted by Gasteiger charge is 2.30. The lowest BCUT2D eigenvalue weighted by Crippen LogP contribution is -2.52. The predicted octanol–water partition coefficient (Wildman–Crippen LogP) is 3.90. The van der Waals surface area contributed by atoms with Gasteiger partial charge in [-0.3, -0.25) is 19.0 Å². The van der Waals surface area contributed by atoms with Crippen LogP contribution in [0.2, 0.25) is 0 Å². The molecule has 39 heavy (non-hydrogen) atoms. The van der Waals surface area contributed by atoms with Crippen LogP contribution in [-0.2, 0) is 22.6 Å². The molecule has 0 bridgehead atoms. The van der Waals surface area contributed by atoms with E-state index in [1.165, 1.54) is 16.8 Å². The van der Waals surface area contributed by atoms with Gasteiger partial charge in [-0.2, -0.15) is 5.10 Å². The Kier molecular flexibility index (Phi) is 8.48. The van der Waals surface area contributed by atoms with E-state index in [4.69, 9.17) is 9.47 Å². The first-order valence-corrected chi connectivity index (χ1v) is 13.4. The summed E-state index contributed by atoms with van der Waals surface area (Å²) in [7, 11) is 0. The van der Waals surface area contributed by atoms with Gasteiger partial charge in [-0.25, -0.2) is 18.0 Å². The minimum absolute atomic E-state index is 0.0912. The van der Waals surface area contributed by atoms with Crippen molar-refractivity contribution < 1.29 is 22.6 Å². The monoisotopic (exact) mass is 608 g/mol. The Labute approximate surface area is 231 Å². The molecule has 0 N–H and O–H groups in total. The van der Waals surface area contributed by atoms with Gasteiger partial charge in [0.1, 0.15) is 5.82 Å². The molecule has 0 amide bonds. The zero-order chi connectivity index (χ0) is 27.5. The highest BCUT2D eigenvalue weighted by atomic mass is 79.9. The molecule has 3 aromatic rings. The number of ether oxygens (including phenoxy) is 2. The maximum atomic E-state index is 14.6. The zero-order valence-electron chi connectivity index (χ0n) is 21.1. The van der Waals surface area contributed by atoms with Crippen LogP contribution in [0.5, 0.6) is 0 Å². The number of aromatic nitrogens is 3. The predicted molar refractivity (Wildman–Crippen MR) is 144 cm³/mol. The SMILES string of the molecule is C=N/N=C(\OCC(F)F)c1ccc(Cn2c(=O)n(CC3CCN(C4COC4)CC3)c3cc(Br)c(F)cc32)nc1. The average Bonchev–Trinajstić information content (AvgIpc) is 3.12. The molecule has 13 heteroatoms. The Morgan fingerprint density at radius 1 is 1.21 bits per heavy atom. The molecule has 9 nitrogen and oxygen atoms in total. The van der Waals surface area contributed by atoms with Crippen LogP contribution < -0.4 is 5.69 Å². The number of alkyl halides is 2. The fraction of sp³-hybridized carbons (Fsp3) is 0.462. The molecule has 0 spiro atoms. The van der Waals surface area contributed by atoms with E-state index in [1.54, 1.807) is 22.8 Å². The van der Waals surface area contributed by atoms with E-state index in [-0.39, 0.29) is 22.6 Å². The molecule has 0 unspecified atom stereocenters. The summed E-state index contributed by atoms with van der Waals surface area (Å²) >= 11 is 3.26. The molecular weight excluding hydrogens is 581 g/mol. The minimum Gasteiger partial charge on any atom is -0.470 e. The first-order chi connectivity index (χ1) is 18.8. The third kappa shape index (κ3) is 6.10. The molecule has 0 saturated carbocycles. The Balaban J connectivity index is 1.38. The molecule has 0 aliphatic carbocycles. The molecule has 208 valence electrons. The number of imidazole rings is 1. The number of hydrogen-bond acceptors (Lipinski definition) is 7. The summed E-state index contributed by atoms with van der Waals surface area (Å²) in [4.78, 5) is 20.4. The molecule has 1 aromatic carbocycles. The van der Waals surface area contributed by atoms with Crippen LogP contribution in [0.4, 0.5) is 13.2 Å². The summed E-state index contributed by atoms with van der Waals surface area (Å²) in [5.74, 6) is -0.285. The number of piperidine rings is 1. The number of fused-ring (bicyclic) bond motifs is 1. The Morgan fingerprint density at radius 2 is 1.95 bits per heavy atom. The van der Waals surface area contributed by atoms with Crippen molar-refractivity contribution in [1.82, 2.24) is 19.0 Å². The second kappa shape index (κ2) is 12.0. The lowest BCUT2D eigenvalue weighted by molar-refractivity contribution is -0.0742. The molecule has 0 atom stereocenters. The van der Waals surface area contributed by atoms with Crippen molar-refractivity contribution in [1.29, 1.82) is 0 Å². The van der Waals surface area contributed by atoms with Crippen LogP contribution in [0.15, 0.2) is 49.9 Å². The highest BCUT2D eigenvalue weighted by Crippen LogP contribution is 2.27. The quantitative estimate of drug-likeness (QED) is 0.209. The number of halogens is 4. The second-order valence-electron chi connectivity index (χ2n) is 9.69. The van der Waals surface area contributed by atoms with E-state index in [1.807, 2.05) is 0 Å². The van der Waals surface area contributed by atoms with Crippen LogP contribution >= 0.6 is 15.9 Å². The summed E-state index contributed by atoms with van der Waals surface area (Å²) in [5.41, 5.74) is 1.71. The smallest absolute Gasteiger partial charge is 0.329 e. The Bertz CT molecular complexity index is 1410. The van der Waals surface area contributed by atoms with Crippen LogP contribution in [0.3, 0.4) is 0 Å². The van der Waals surface area contributed by atoms with E-state index < -0.39 is 18.8 Å². The molecule has 2 aromatic heterocycles. The number of pyridine rings is 1. The molecule has 2 fully saturated rings. The maximum Gasteiger partial charge on any atom is 0.329 e. The van der Waals surface area contributed by atoms with Crippen LogP contribution in [0.25, 0.3) is 11.0 Å². The number of rotatable bonds is 9. The molecule has 4 heterocycles. The zero-order valence-corrected chi connectivity index (χ0v) is 22.7. The Hall–Kier alpha value is -3.03. The van der Waals surface area contributed by atoms with Crippen molar-refractivity contribution in [3.8, 4) is 0 Å². The first-order valence-electron chi connectivity index (χ1n) is 12.6. The van der Waals surface area contributed by atoms with E-state index in [9.17, 15) is 18.0 Å². The number of nitrogens with zero attached hydrogens (tertiary/aromatic N) is 6. The van der Waals surface area contributed by atoms with Gasteiger partial charge in [-0.05, 0) is 66.0 Å². The maximum absolute atomic E-state index is 14.6. The highest BCUT2D eigenvalue weighted by molar-refractivity contribution is 9.10. The molecular formula is C26H28BrF3N6O3. The summed E-state index contributed by atoms with van der Waals surface area (Å²) in [6.45, 7) is 6.52. The summed E-state index contributed by atoms with van der Waals surface area (Å²) < 4.78 is 53.6. The van der Waals surface area contributed by atoms with Gasteiger partial charge in [0, 0.05) is 25.5 Å². The van der Waals surface area contributed by atoms with Gasteiger partial charge in [0.05, 0.1) is 52.6 Å². The third-order valence-corrected chi connectivity index (χ3v) is 7.79. The van der Waals surface area contributed by atoms with Gasteiger partial charge in [-0.15, -0.1) is 5.10 Å². The van der Waals surface area contributed by atoms with Gasteiger partial charge in [0.15, 0.2) is 6.61 Å². The van der Waals surface area contributed by atoms with Gasteiger partial charge in [-0.1, -0.05) is 0 Å². The largest absolute Gasteiger partial charge is 0.470 e. The van der Waals surface area contributed by atoms with Gasteiger partial charge < -0.3 is 9.47 Å². The molecule has 2 aliphatic heterocycles. The van der Waals surface area contributed by atoms with Crippen molar-refractivity contribution in [3.63, 3.8) is 0 Å². The van der Waals surface area contributed by atoms with Gasteiger partial charge in [0.2, 0.25) is 5.90 Å². The molecule has 2 saturated heterocycles. The summed E-state index contributed by atoms with van der Waals surface area (Å²) in [5, 5.41) is 7.01. The van der Waals surface area contributed by atoms with E-state index >= 15 is 0 Å². The fourth-order valence-electron chi connectivity index (χ4n) is 5.01. The lowest BCUT2D eigenvalue weighted by Gasteiger charge is -2.41. The van der Waals surface area contributed by atoms with Crippen molar-refractivity contribution in [2.75, 3.05) is 32.9 Å². The topological polar surface area (TPSA) is 86.2 Å². The van der Waals surface area contributed by atoms with Gasteiger partial charge in [0.25, 0.3) is 6.43 Å².